The number of rotatable bonds is 14. The van der Waals surface area contributed by atoms with Gasteiger partial charge in [0.05, 0.1) is 20.6 Å². The number of benzene rings is 5. The molecule has 0 aromatic heterocycles. The average Bonchev–Trinajstić information content (AvgIpc) is 3.11. The average molecular weight is 659 g/mol. The lowest BCUT2D eigenvalue weighted by Crippen LogP contribution is -2.35. The number of amides is 2. The number of ether oxygens (including phenoxy) is 3. The predicted octanol–water partition coefficient (Wildman–Crippen LogP) is 7.17. The van der Waals surface area contributed by atoms with Gasteiger partial charge < -0.3 is 29.5 Å². The van der Waals surface area contributed by atoms with Gasteiger partial charge in [-0.05, 0) is 71.6 Å². The monoisotopic (exact) mass is 658 g/mol. The number of carboxylic acids is 1. The second-order valence-corrected chi connectivity index (χ2v) is 11.5. The number of nitrogens with zero attached hydrogens (tertiary/aromatic N) is 1. The Morgan fingerprint density at radius 2 is 1.37 bits per heavy atom. The molecule has 2 N–H and O–H groups in total. The first-order valence-corrected chi connectivity index (χ1v) is 15.7. The minimum atomic E-state index is -1.13. The molecular weight excluding hydrogens is 620 g/mol. The van der Waals surface area contributed by atoms with Crippen LogP contribution in [0.15, 0.2) is 115 Å². The number of hydrogen-bond donors (Lipinski definition) is 2. The molecule has 9 nitrogen and oxygen atoms in total. The maximum atomic E-state index is 13.4. The molecule has 0 radical (unpaired) electrons. The van der Waals surface area contributed by atoms with Gasteiger partial charge in [-0.15, -0.1) is 0 Å². The highest BCUT2D eigenvalue weighted by atomic mass is 16.5. The van der Waals surface area contributed by atoms with Crippen LogP contribution in [0.25, 0.3) is 11.1 Å². The van der Waals surface area contributed by atoms with Crippen molar-refractivity contribution in [3.05, 3.63) is 143 Å². The van der Waals surface area contributed by atoms with Gasteiger partial charge in [-0.2, -0.15) is 0 Å². The van der Waals surface area contributed by atoms with E-state index in [1.807, 2.05) is 24.3 Å². The summed E-state index contributed by atoms with van der Waals surface area (Å²) in [6.45, 7) is 2.07. The lowest BCUT2D eigenvalue weighted by molar-refractivity contribution is -0.137. The molecule has 0 spiro atoms. The van der Waals surface area contributed by atoms with E-state index in [-0.39, 0.29) is 18.9 Å². The van der Waals surface area contributed by atoms with Gasteiger partial charge in [-0.25, -0.2) is 0 Å². The third-order valence-electron chi connectivity index (χ3n) is 7.91. The molecule has 5 aromatic rings. The normalized spacial score (nSPS) is 10.6. The SMILES string of the molecule is COc1cccc(CC(=O)Nc2ccc(C(=O)N(CC(=O)O)Cc3ccc(OCc4ccc(-c5ccc(C)cc5)cc4)cc3)cc2)c1OC. The summed E-state index contributed by atoms with van der Waals surface area (Å²) in [6, 6.07) is 35.5. The van der Waals surface area contributed by atoms with Crippen molar-refractivity contribution >= 4 is 23.5 Å². The molecule has 0 heterocycles. The van der Waals surface area contributed by atoms with Gasteiger partial charge >= 0.3 is 5.97 Å². The van der Waals surface area contributed by atoms with Crippen LogP contribution in [0.4, 0.5) is 5.69 Å². The van der Waals surface area contributed by atoms with Crippen LogP contribution in [0.5, 0.6) is 17.2 Å². The Kier molecular flexibility index (Phi) is 11.3. The van der Waals surface area contributed by atoms with Crippen molar-refractivity contribution in [3.8, 4) is 28.4 Å². The van der Waals surface area contributed by atoms with Gasteiger partial charge in [-0.1, -0.05) is 78.4 Å². The summed E-state index contributed by atoms with van der Waals surface area (Å²) < 4.78 is 16.7. The maximum Gasteiger partial charge on any atom is 0.323 e. The molecule has 9 heteroatoms. The van der Waals surface area contributed by atoms with Crippen LogP contribution in [0, 0.1) is 6.92 Å². The van der Waals surface area contributed by atoms with Crippen LogP contribution in [0.3, 0.4) is 0 Å². The van der Waals surface area contributed by atoms with E-state index in [4.69, 9.17) is 14.2 Å². The number of aryl methyl sites for hydroxylation is 1. The Morgan fingerprint density at radius 3 is 1.98 bits per heavy atom. The zero-order chi connectivity index (χ0) is 34.8. The van der Waals surface area contributed by atoms with E-state index in [0.29, 0.717) is 40.7 Å². The number of para-hydroxylation sites is 1. The number of carboxylic acid groups (broad SMARTS) is 1. The Morgan fingerprint density at radius 1 is 0.735 bits per heavy atom. The Hall–Kier alpha value is -6.09. The first-order chi connectivity index (χ1) is 23.7. The molecule has 5 rings (SSSR count). The second kappa shape index (κ2) is 16.1. The molecule has 0 saturated carbocycles. The molecule has 250 valence electrons. The van der Waals surface area contributed by atoms with E-state index < -0.39 is 18.4 Å². The molecule has 0 aliphatic rings. The molecule has 0 saturated heterocycles. The minimum absolute atomic E-state index is 0.0545. The fraction of sp³-hybridized carbons (Fsp3) is 0.175. The quantitative estimate of drug-likeness (QED) is 0.130. The number of anilines is 1. The van der Waals surface area contributed by atoms with E-state index in [0.717, 1.165) is 22.3 Å². The number of methoxy groups -OCH3 is 2. The minimum Gasteiger partial charge on any atom is -0.493 e. The van der Waals surface area contributed by atoms with Gasteiger partial charge in [0, 0.05) is 23.4 Å². The Bertz CT molecular complexity index is 1890. The van der Waals surface area contributed by atoms with Gasteiger partial charge in [0.15, 0.2) is 11.5 Å². The van der Waals surface area contributed by atoms with Crippen molar-refractivity contribution < 1.29 is 33.7 Å². The molecule has 0 aliphatic carbocycles. The summed E-state index contributed by atoms with van der Waals surface area (Å²) in [6.07, 6.45) is 0.0545. The topological polar surface area (TPSA) is 114 Å². The molecule has 0 atom stereocenters. The number of carbonyl (C=O) groups is 3. The van der Waals surface area contributed by atoms with Crippen molar-refractivity contribution in [2.24, 2.45) is 0 Å². The predicted molar refractivity (Wildman–Crippen MR) is 188 cm³/mol. The number of aliphatic carboxylic acids is 1. The highest BCUT2D eigenvalue weighted by molar-refractivity contribution is 5.97. The molecular formula is C40H38N2O7. The summed E-state index contributed by atoms with van der Waals surface area (Å²) in [5.74, 6) is -0.176. The van der Waals surface area contributed by atoms with E-state index in [2.05, 4.69) is 48.6 Å². The van der Waals surface area contributed by atoms with Crippen molar-refractivity contribution in [1.29, 1.82) is 0 Å². The zero-order valence-electron chi connectivity index (χ0n) is 27.6. The second-order valence-electron chi connectivity index (χ2n) is 11.5. The van der Waals surface area contributed by atoms with Crippen LogP contribution >= 0.6 is 0 Å². The van der Waals surface area contributed by atoms with Gasteiger partial charge in [0.2, 0.25) is 5.91 Å². The largest absolute Gasteiger partial charge is 0.493 e. The lowest BCUT2D eigenvalue weighted by atomic mass is 10.0. The summed E-state index contributed by atoms with van der Waals surface area (Å²) >= 11 is 0. The third-order valence-corrected chi connectivity index (χ3v) is 7.91. The van der Waals surface area contributed by atoms with Gasteiger partial charge in [0.25, 0.3) is 5.91 Å². The third kappa shape index (κ3) is 9.26. The van der Waals surface area contributed by atoms with Crippen molar-refractivity contribution in [2.75, 3.05) is 26.1 Å². The molecule has 0 unspecified atom stereocenters. The van der Waals surface area contributed by atoms with Gasteiger partial charge in [0.1, 0.15) is 18.9 Å². The first kappa shape index (κ1) is 34.3. The molecule has 0 aliphatic heterocycles. The highest BCUT2D eigenvalue weighted by Crippen LogP contribution is 2.31. The van der Waals surface area contributed by atoms with Crippen LogP contribution in [-0.2, 0) is 29.2 Å². The van der Waals surface area contributed by atoms with E-state index >= 15 is 0 Å². The fourth-order valence-electron chi connectivity index (χ4n) is 5.33. The summed E-state index contributed by atoms with van der Waals surface area (Å²) in [4.78, 5) is 39.0. The van der Waals surface area contributed by atoms with E-state index in [1.165, 1.54) is 24.7 Å². The Labute approximate surface area is 285 Å². The Balaban J connectivity index is 1.16. The van der Waals surface area contributed by atoms with Crippen molar-refractivity contribution in [2.45, 2.75) is 26.5 Å². The summed E-state index contributed by atoms with van der Waals surface area (Å²) in [7, 11) is 3.04. The smallest absolute Gasteiger partial charge is 0.323 e. The molecule has 5 aromatic carbocycles. The summed E-state index contributed by atoms with van der Waals surface area (Å²) in [5.41, 5.74) is 6.75. The number of carbonyl (C=O) groups excluding carboxylic acids is 2. The highest BCUT2D eigenvalue weighted by Gasteiger charge is 2.20. The first-order valence-electron chi connectivity index (χ1n) is 15.7. The van der Waals surface area contributed by atoms with E-state index in [1.54, 1.807) is 54.6 Å². The van der Waals surface area contributed by atoms with Crippen molar-refractivity contribution in [3.63, 3.8) is 0 Å². The van der Waals surface area contributed by atoms with Gasteiger partial charge in [-0.3, -0.25) is 14.4 Å². The fourth-order valence-corrected chi connectivity index (χ4v) is 5.33. The van der Waals surface area contributed by atoms with Crippen molar-refractivity contribution in [1.82, 2.24) is 4.90 Å². The molecule has 0 bridgehead atoms. The lowest BCUT2D eigenvalue weighted by Gasteiger charge is -2.21. The summed E-state index contributed by atoms with van der Waals surface area (Å²) in [5, 5.41) is 12.3. The van der Waals surface area contributed by atoms with Crippen LogP contribution in [-0.4, -0.2) is 48.6 Å². The zero-order valence-corrected chi connectivity index (χ0v) is 27.6. The molecule has 0 fully saturated rings. The van der Waals surface area contributed by atoms with Crippen LogP contribution in [0.2, 0.25) is 0 Å². The number of hydrogen-bond acceptors (Lipinski definition) is 6. The number of nitrogens with one attached hydrogen (secondary N) is 1. The standard InChI is InChI=1S/C40H38N2O7/c1-27-7-13-30(14-8-27)31-15-9-29(10-16-31)26-49-35-21-11-28(12-22-35)24-42(25-38(44)45)40(46)32-17-19-34(20-18-32)41-37(43)23-33-5-4-6-36(47-2)39(33)48-3/h4-22H,23-26H2,1-3H3,(H,41,43)(H,44,45). The maximum absolute atomic E-state index is 13.4. The van der Waals surface area contributed by atoms with Crippen LogP contribution in [0.1, 0.15) is 32.6 Å². The molecule has 49 heavy (non-hydrogen) atoms. The molecule has 2 amide bonds. The van der Waals surface area contributed by atoms with E-state index in [9.17, 15) is 19.5 Å². The van der Waals surface area contributed by atoms with Crippen LogP contribution < -0.4 is 19.5 Å².